The van der Waals surface area contributed by atoms with E-state index in [1.165, 1.54) is 12.1 Å². The smallest absolute Gasteiger partial charge is 0.419 e. The summed E-state index contributed by atoms with van der Waals surface area (Å²) < 4.78 is 41.7. The number of ether oxygens (including phenoxy) is 1. The number of nitrogens with zero attached hydrogens (tertiary/aromatic N) is 1. The van der Waals surface area contributed by atoms with E-state index in [9.17, 15) is 17.1 Å². The van der Waals surface area contributed by atoms with Gasteiger partial charge >= 0.3 is 16.3 Å². The lowest BCUT2D eigenvalue weighted by Crippen LogP contribution is -2.26. The van der Waals surface area contributed by atoms with E-state index in [4.69, 9.17) is 4.74 Å². The van der Waals surface area contributed by atoms with Gasteiger partial charge in [-0.3, -0.25) is 4.57 Å². The molecular weight excluding hydrogens is 285 g/mol. The second-order valence-corrected chi connectivity index (χ2v) is 6.61. The second kappa shape index (κ2) is 4.59. The van der Waals surface area contributed by atoms with Gasteiger partial charge in [-0.05, 0) is 26.8 Å². The molecule has 7 heteroatoms. The Balaban J connectivity index is 2.64. The Morgan fingerprint density at radius 1 is 1.25 bits per heavy atom. The average Bonchev–Trinajstić information content (AvgIpc) is 2.65. The molecular formula is C13H14FNO4S. The maximum atomic E-state index is 13.3. The topological polar surface area (TPSA) is 65.4 Å². The van der Waals surface area contributed by atoms with E-state index in [-0.39, 0.29) is 10.9 Å². The Hall–Kier alpha value is -1.89. The van der Waals surface area contributed by atoms with Crippen LogP contribution >= 0.6 is 0 Å². The summed E-state index contributed by atoms with van der Waals surface area (Å²) in [4.78, 5) is 11.5. The molecule has 0 aliphatic rings. The fourth-order valence-corrected chi connectivity index (χ4v) is 2.47. The first-order chi connectivity index (χ1) is 9.09. The number of benzene rings is 1. The lowest BCUT2D eigenvalue weighted by molar-refractivity contribution is 0.0544. The van der Waals surface area contributed by atoms with Gasteiger partial charge in [-0.15, -0.1) is 3.89 Å². The molecule has 1 aromatic heterocycles. The van der Waals surface area contributed by atoms with Crippen molar-refractivity contribution in [3.05, 3.63) is 30.5 Å². The van der Waals surface area contributed by atoms with Crippen LogP contribution in [0.3, 0.4) is 0 Å². The van der Waals surface area contributed by atoms with Gasteiger partial charge in [-0.25, -0.2) is 4.79 Å². The molecule has 1 aromatic carbocycles. The molecule has 0 fully saturated rings. The Morgan fingerprint density at radius 3 is 2.40 bits per heavy atom. The summed E-state index contributed by atoms with van der Waals surface area (Å²) in [5.41, 5.74) is -0.463. The molecule has 0 amide bonds. The molecule has 2 rings (SSSR count). The van der Waals surface area contributed by atoms with Crippen LogP contribution in [0.15, 0.2) is 35.4 Å². The van der Waals surface area contributed by atoms with Crippen molar-refractivity contribution < 1.29 is 21.8 Å². The van der Waals surface area contributed by atoms with Crippen LogP contribution < -0.4 is 0 Å². The number of para-hydroxylation sites is 1. The third-order valence-corrected chi connectivity index (χ3v) is 3.38. The van der Waals surface area contributed by atoms with Crippen molar-refractivity contribution >= 4 is 27.2 Å². The zero-order valence-corrected chi connectivity index (χ0v) is 12.1. The highest BCUT2D eigenvalue weighted by Gasteiger charge is 2.25. The highest BCUT2D eigenvalue weighted by molar-refractivity contribution is 7.86. The van der Waals surface area contributed by atoms with E-state index in [0.29, 0.717) is 0 Å². The van der Waals surface area contributed by atoms with Crippen LogP contribution in [-0.2, 0) is 15.0 Å². The van der Waals surface area contributed by atoms with Crippen LogP contribution in [0.4, 0.5) is 8.68 Å². The van der Waals surface area contributed by atoms with Crippen molar-refractivity contribution in [2.24, 2.45) is 0 Å². The van der Waals surface area contributed by atoms with E-state index in [1.54, 1.807) is 32.9 Å². The monoisotopic (exact) mass is 299 g/mol. The van der Waals surface area contributed by atoms with Crippen molar-refractivity contribution in [3.63, 3.8) is 0 Å². The fraction of sp³-hybridized carbons (Fsp3) is 0.308. The SMILES string of the molecule is CC(C)(C)OC(=O)n1cc(S(=O)(=O)F)c2ccccc21. The van der Waals surface area contributed by atoms with Gasteiger partial charge in [0.25, 0.3) is 0 Å². The molecule has 20 heavy (non-hydrogen) atoms. The van der Waals surface area contributed by atoms with Gasteiger partial charge in [-0.1, -0.05) is 18.2 Å². The molecule has 5 nitrogen and oxygen atoms in total. The summed E-state index contributed by atoms with van der Waals surface area (Å²) in [7, 11) is -4.91. The number of halogens is 1. The molecule has 108 valence electrons. The molecule has 0 aliphatic heterocycles. The molecule has 0 bridgehead atoms. The minimum atomic E-state index is -4.91. The van der Waals surface area contributed by atoms with Crippen LogP contribution in [0.1, 0.15) is 20.8 Å². The van der Waals surface area contributed by atoms with E-state index in [1.807, 2.05) is 0 Å². The van der Waals surface area contributed by atoms with Gasteiger partial charge in [-0.2, -0.15) is 8.42 Å². The Morgan fingerprint density at radius 2 is 1.85 bits per heavy atom. The van der Waals surface area contributed by atoms with Crippen molar-refractivity contribution in [1.82, 2.24) is 4.57 Å². The third-order valence-electron chi connectivity index (χ3n) is 2.53. The van der Waals surface area contributed by atoms with Crippen LogP contribution in [0, 0.1) is 0 Å². The number of carbonyl (C=O) groups is 1. The molecule has 0 N–H and O–H groups in total. The minimum Gasteiger partial charge on any atom is -0.443 e. The zero-order valence-electron chi connectivity index (χ0n) is 11.3. The van der Waals surface area contributed by atoms with Gasteiger partial charge in [0.15, 0.2) is 0 Å². The molecule has 1 heterocycles. The summed E-state index contributed by atoms with van der Waals surface area (Å²) in [6.07, 6.45) is 0.178. The van der Waals surface area contributed by atoms with E-state index in [0.717, 1.165) is 10.8 Å². The van der Waals surface area contributed by atoms with Crippen molar-refractivity contribution in [2.45, 2.75) is 31.3 Å². The number of fused-ring (bicyclic) bond motifs is 1. The maximum absolute atomic E-state index is 13.3. The third kappa shape index (κ3) is 2.82. The fourth-order valence-electron chi connectivity index (χ4n) is 1.80. The van der Waals surface area contributed by atoms with Gasteiger partial charge in [0, 0.05) is 11.6 Å². The molecule has 0 saturated carbocycles. The van der Waals surface area contributed by atoms with Crippen LogP contribution in [0.2, 0.25) is 0 Å². The van der Waals surface area contributed by atoms with Gasteiger partial charge in [0.05, 0.1) is 5.52 Å². The second-order valence-electron chi connectivity index (χ2n) is 5.30. The van der Waals surface area contributed by atoms with E-state index in [2.05, 4.69) is 0 Å². The molecule has 0 radical (unpaired) electrons. The van der Waals surface area contributed by atoms with Gasteiger partial charge in [0.2, 0.25) is 0 Å². The number of rotatable bonds is 1. The summed E-state index contributed by atoms with van der Waals surface area (Å²) in [6.45, 7) is 5.05. The average molecular weight is 299 g/mol. The molecule has 2 aromatic rings. The van der Waals surface area contributed by atoms with Crippen LogP contribution in [0.25, 0.3) is 10.9 Å². The standard InChI is InChI=1S/C13H14FNO4S/c1-13(2,3)19-12(16)15-8-11(20(14,17)18)9-6-4-5-7-10(9)15/h4-8H,1-3H3. The summed E-state index contributed by atoms with van der Waals surface area (Å²) in [6, 6.07) is 6.14. The normalized spacial score (nSPS) is 12.6. The summed E-state index contributed by atoms with van der Waals surface area (Å²) in [5, 5.41) is 0.140. The van der Waals surface area contributed by atoms with Crippen LogP contribution in [-0.4, -0.2) is 24.7 Å². The number of hydrogen-bond donors (Lipinski definition) is 0. The van der Waals surface area contributed by atoms with E-state index >= 15 is 0 Å². The van der Waals surface area contributed by atoms with Crippen molar-refractivity contribution in [3.8, 4) is 0 Å². The summed E-state index contributed by atoms with van der Waals surface area (Å²) in [5.74, 6) is 0. The highest BCUT2D eigenvalue weighted by atomic mass is 32.3. The minimum absolute atomic E-state index is 0.140. The molecule has 0 spiro atoms. The van der Waals surface area contributed by atoms with Gasteiger partial charge in [0.1, 0.15) is 10.5 Å². The number of aromatic nitrogens is 1. The first kappa shape index (κ1) is 14.5. The lowest BCUT2D eigenvalue weighted by atomic mass is 10.2. The van der Waals surface area contributed by atoms with Crippen LogP contribution in [0.5, 0.6) is 0 Å². The Kier molecular flexibility index (Phi) is 3.33. The quantitative estimate of drug-likeness (QED) is 0.759. The molecule has 0 saturated heterocycles. The largest absolute Gasteiger partial charge is 0.443 e. The first-order valence-electron chi connectivity index (χ1n) is 5.88. The predicted molar refractivity (Wildman–Crippen MR) is 71.9 cm³/mol. The number of carbonyl (C=O) groups excluding carboxylic acids is 1. The highest BCUT2D eigenvalue weighted by Crippen LogP contribution is 2.27. The number of hydrogen-bond acceptors (Lipinski definition) is 4. The van der Waals surface area contributed by atoms with Crippen molar-refractivity contribution in [2.75, 3.05) is 0 Å². The van der Waals surface area contributed by atoms with Crippen molar-refractivity contribution in [1.29, 1.82) is 0 Å². The summed E-state index contributed by atoms with van der Waals surface area (Å²) >= 11 is 0. The Labute approximate surface area is 116 Å². The van der Waals surface area contributed by atoms with E-state index < -0.39 is 26.8 Å². The molecule has 0 aliphatic carbocycles. The molecule has 0 atom stereocenters. The first-order valence-corrected chi connectivity index (χ1v) is 7.26. The lowest BCUT2D eigenvalue weighted by Gasteiger charge is -2.19. The van der Waals surface area contributed by atoms with Gasteiger partial charge < -0.3 is 4.74 Å². The Bertz CT molecular complexity index is 771. The maximum Gasteiger partial charge on any atom is 0.419 e. The zero-order chi connectivity index (χ0) is 15.1. The predicted octanol–water partition coefficient (Wildman–Crippen LogP) is 3.08. The molecule has 0 unspecified atom stereocenters.